The molecule has 8 fully saturated rings. The van der Waals surface area contributed by atoms with Crippen LogP contribution < -0.4 is 41.8 Å². The summed E-state index contributed by atoms with van der Waals surface area (Å²) in [5.41, 5.74) is 22.8. The van der Waals surface area contributed by atoms with Crippen molar-refractivity contribution in [2.24, 2.45) is 5.92 Å². The third-order valence-corrected chi connectivity index (χ3v) is 27.9. The molecule has 2 atom stereocenters. The number of fused-ring (bicyclic) bond motifs is 9. The van der Waals surface area contributed by atoms with E-state index in [1.165, 1.54) is 51.5 Å². The molecule has 0 radical (unpaired) electrons. The molecular formula is C98H112N28O5. The van der Waals surface area contributed by atoms with Crippen LogP contribution in [-0.2, 0) is 24.0 Å². The highest BCUT2D eigenvalue weighted by Gasteiger charge is 2.39. The molecule has 6 aliphatic heterocycles. The van der Waals surface area contributed by atoms with Crippen molar-refractivity contribution in [3.63, 3.8) is 0 Å². The minimum atomic E-state index is -0.107. The van der Waals surface area contributed by atoms with E-state index < -0.39 is 0 Å². The van der Waals surface area contributed by atoms with Crippen molar-refractivity contribution in [3.8, 4) is 45.6 Å². The van der Waals surface area contributed by atoms with E-state index in [4.69, 9.17) is 24.7 Å². The first-order valence-corrected chi connectivity index (χ1v) is 46.9. The summed E-state index contributed by atoms with van der Waals surface area (Å²) < 4.78 is 19.2. The standard InChI is InChI=1S/2C25H29N7O.C24H27N7O2.C24H27N7O/c1-4-29-9-7-18-14-30(10-8-22(18)29)19-5-6-24-27-20(12-25(33)31(24)15-19)21-11-23-17(3)26-16(2)13-32(23)28-21;1-3-20-23-13-22(28-32(23)15-17(2)26-20)21-14-25(33)31-16-19(7-8-24(31)27-21)30-11-9-29(10-12-30)18-5-4-6-18;1-3-19-22-10-21(27-31(22)12-16(2)25-19)20-11-24(32)30-13-17(4-5-23(30)26-20)28-6-8-29(9-7-28)18-14-33-15-18;1-3-19-22-12-21(27-31(22)14-16(2)25-19)20-13-24(32)30-15-18(6-7-23(30)26-20)29-10-8-28(9-11-29)17-4-5-17/h5-6,11-13,15,18,22H,4,7-10,14H2,1-3H3;7-8,13-16,18H,3-6,9-12H2,1-2H3;4-5,10-13,18H,3,6-9,14-15H2,1-2H3;6-7,12-15,17H,3-5,8-11H2,1-2H3. The molecule has 0 N–H and O–H groups in total. The number of likely N-dealkylation sites (tertiary alicyclic amines) is 1. The lowest BCUT2D eigenvalue weighted by Gasteiger charge is -2.43. The van der Waals surface area contributed by atoms with Gasteiger partial charge in [-0.15, -0.1) is 0 Å². The molecule has 16 aromatic heterocycles. The number of aryl methyl sites for hydroxylation is 8. The third-order valence-electron chi connectivity index (χ3n) is 27.9. The van der Waals surface area contributed by atoms with Gasteiger partial charge in [-0.2, -0.15) is 20.4 Å². The number of piperazine rings is 3. The molecule has 8 aliphatic rings. The van der Waals surface area contributed by atoms with Gasteiger partial charge in [-0.3, -0.25) is 71.4 Å². The van der Waals surface area contributed by atoms with Gasteiger partial charge in [0.05, 0.1) is 157 Å². The average Bonchev–Trinajstić information content (AvgIpc) is 1.51. The number of aromatic nitrogens is 20. The van der Waals surface area contributed by atoms with E-state index in [1.54, 1.807) is 41.9 Å². The van der Waals surface area contributed by atoms with Crippen LogP contribution in [0.4, 0.5) is 22.7 Å². The Morgan fingerprint density at radius 3 is 0.985 bits per heavy atom. The minimum Gasteiger partial charge on any atom is -0.378 e. The molecule has 2 saturated carbocycles. The number of rotatable bonds is 15. The quantitative estimate of drug-likeness (QED) is 0.0921. The molecule has 16 aromatic rings. The smallest absolute Gasteiger partial charge is 0.258 e. The van der Waals surface area contributed by atoms with Crippen molar-refractivity contribution in [1.29, 1.82) is 0 Å². The Morgan fingerprint density at radius 1 is 0.321 bits per heavy atom. The highest BCUT2D eigenvalue weighted by Crippen LogP contribution is 2.36. The summed E-state index contributed by atoms with van der Waals surface area (Å²) >= 11 is 0. The van der Waals surface area contributed by atoms with Crippen molar-refractivity contribution in [2.45, 2.75) is 151 Å². The van der Waals surface area contributed by atoms with Crippen molar-refractivity contribution in [3.05, 3.63) is 234 Å². The Hall–Kier alpha value is -13.1. The molecule has 0 bridgehead atoms. The number of hydrogen-bond acceptors (Lipinski definition) is 25. The maximum absolute atomic E-state index is 13.1. The van der Waals surface area contributed by atoms with E-state index in [0.717, 1.165) is 233 Å². The Labute approximate surface area is 756 Å². The number of pyridine rings is 4. The van der Waals surface area contributed by atoms with Crippen LogP contribution in [0.15, 0.2) is 166 Å². The summed E-state index contributed by atoms with van der Waals surface area (Å²) in [6.45, 7) is 36.7. The van der Waals surface area contributed by atoms with Gasteiger partial charge in [-0.1, -0.05) is 34.1 Å². The van der Waals surface area contributed by atoms with Gasteiger partial charge in [0.25, 0.3) is 22.2 Å². The minimum absolute atomic E-state index is 0.0900. The zero-order chi connectivity index (χ0) is 89.6. The van der Waals surface area contributed by atoms with E-state index in [2.05, 4.69) is 131 Å². The van der Waals surface area contributed by atoms with E-state index in [1.807, 2.05) is 151 Å². The molecule has 2 aliphatic carbocycles. The van der Waals surface area contributed by atoms with Crippen LogP contribution in [0.2, 0.25) is 0 Å². The second-order valence-corrected chi connectivity index (χ2v) is 36.4. The van der Waals surface area contributed by atoms with Gasteiger partial charge in [0, 0.05) is 159 Å². The van der Waals surface area contributed by atoms with Crippen LogP contribution in [-0.4, -0.2) is 258 Å². The summed E-state index contributed by atoms with van der Waals surface area (Å²) in [6, 6.07) is 33.1. The lowest BCUT2D eigenvalue weighted by Crippen LogP contribution is -2.56. The summed E-state index contributed by atoms with van der Waals surface area (Å²) in [7, 11) is 0. The van der Waals surface area contributed by atoms with E-state index in [9.17, 15) is 19.2 Å². The van der Waals surface area contributed by atoms with Gasteiger partial charge < -0.3 is 29.2 Å². The van der Waals surface area contributed by atoms with E-state index >= 15 is 0 Å². The monoisotopic (exact) mass is 1760 g/mol. The molecule has 0 amide bonds. The molecular weight excluding hydrogens is 1650 g/mol. The van der Waals surface area contributed by atoms with Crippen LogP contribution in [0, 0.1) is 40.5 Å². The molecule has 33 heteroatoms. The zero-order valence-corrected chi connectivity index (χ0v) is 76.1. The van der Waals surface area contributed by atoms with Crippen molar-refractivity contribution < 1.29 is 4.74 Å². The SMILES string of the molecule is CCN1CCC2CN(c3ccc4nc(-c5cc6c(C)nc(C)cn6n5)cc(=O)n4c3)CCC21.CCc1nc(C)cn2nc(-c3cc(=O)n4cc(N5CCN(C6CC6)CC5)ccc4n3)cc12.CCc1nc(C)cn2nc(-c3cc(=O)n4cc(N5CCN(C6CCC6)CC5)ccc4n3)cc12.CCc1nc(C)cn2nc(-c3cc(=O)n4cc(N5CCN(C6COC6)CC5)ccc4n3)cc12. The third kappa shape index (κ3) is 16.9. The number of ether oxygens (including phenoxy) is 1. The lowest BCUT2D eigenvalue weighted by molar-refractivity contribution is -0.0660. The molecule has 131 heavy (non-hydrogen) atoms. The molecule has 2 unspecified atom stereocenters. The number of anilines is 4. The van der Waals surface area contributed by atoms with Gasteiger partial charge in [0.2, 0.25) is 0 Å². The predicted molar refractivity (Wildman–Crippen MR) is 508 cm³/mol. The van der Waals surface area contributed by atoms with E-state index in [-0.39, 0.29) is 22.2 Å². The Balaban J connectivity index is 0.000000105. The first-order valence-electron chi connectivity index (χ1n) is 46.9. The second kappa shape index (κ2) is 35.3. The lowest BCUT2D eigenvalue weighted by atomic mass is 9.91. The summed E-state index contributed by atoms with van der Waals surface area (Å²) in [6.07, 6.45) is 27.0. The molecule has 24 rings (SSSR count). The second-order valence-electron chi connectivity index (χ2n) is 36.4. The number of piperidine rings is 1. The van der Waals surface area contributed by atoms with Crippen LogP contribution in [0.3, 0.4) is 0 Å². The van der Waals surface area contributed by atoms with Gasteiger partial charge >= 0.3 is 0 Å². The van der Waals surface area contributed by atoms with Crippen molar-refractivity contribution in [1.82, 2.24) is 116 Å². The maximum Gasteiger partial charge on any atom is 0.258 e. The molecule has 6 saturated heterocycles. The number of hydrogen-bond donors (Lipinski definition) is 0. The van der Waals surface area contributed by atoms with Gasteiger partial charge in [0.15, 0.2) is 0 Å². The summed E-state index contributed by atoms with van der Waals surface area (Å²) in [5.74, 6) is 0.711. The topological polar surface area (TPSA) is 293 Å². The van der Waals surface area contributed by atoms with Crippen LogP contribution >= 0.6 is 0 Å². The normalized spacial score (nSPS) is 18.5. The fraction of sp³-hybridized carbons (Fsp3) is 0.429. The fourth-order valence-corrected chi connectivity index (χ4v) is 20.3. The van der Waals surface area contributed by atoms with Crippen LogP contribution in [0.5, 0.6) is 0 Å². The van der Waals surface area contributed by atoms with Gasteiger partial charge in [-0.05, 0) is 184 Å². The summed E-state index contributed by atoms with van der Waals surface area (Å²) in [4.78, 5) is 109. The molecule has 22 heterocycles. The van der Waals surface area contributed by atoms with E-state index in [0.29, 0.717) is 86.1 Å². The van der Waals surface area contributed by atoms with Crippen molar-refractivity contribution in [2.75, 3.05) is 138 Å². The Kier molecular flexibility index (Phi) is 22.8. The Bertz CT molecular complexity index is 7100. The van der Waals surface area contributed by atoms with Crippen LogP contribution in [0.25, 0.3) is 90.2 Å². The highest BCUT2D eigenvalue weighted by atomic mass is 16.5. The highest BCUT2D eigenvalue weighted by molar-refractivity contribution is 5.71. The molecule has 0 spiro atoms. The maximum atomic E-state index is 13.1. The van der Waals surface area contributed by atoms with Crippen molar-refractivity contribution >= 4 is 67.4 Å². The molecule has 0 aromatic carbocycles. The zero-order valence-electron chi connectivity index (χ0n) is 76.1. The first-order chi connectivity index (χ1) is 63.8. The number of nitrogens with zero attached hydrogens (tertiary/aromatic N) is 28. The predicted octanol–water partition coefficient (Wildman–Crippen LogP) is 10.2. The largest absolute Gasteiger partial charge is 0.378 e. The fourth-order valence-electron chi connectivity index (χ4n) is 20.3. The summed E-state index contributed by atoms with van der Waals surface area (Å²) in [5, 5.41) is 18.7. The first kappa shape index (κ1) is 84.7. The average molecular weight is 1760 g/mol. The Morgan fingerprint density at radius 2 is 0.656 bits per heavy atom. The molecule has 674 valence electrons. The van der Waals surface area contributed by atoms with Gasteiger partial charge in [0.1, 0.15) is 45.4 Å². The molecule has 33 nitrogen and oxygen atoms in total. The van der Waals surface area contributed by atoms with Crippen LogP contribution in [0.1, 0.15) is 118 Å². The van der Waals surface area contributed by atoms with Gasteiger partial charge in [-0.25, -0.2) is 38.0 Å².